The molecule has 0 aliphatic heterocycles. The Morgan fingerprint density at radius 2 is 2.10 bits per heavy atom. The molecule has 0 aromatic carbocycles. The molecule has 0 amide bonds. The van der Waals surface area contributed by atoms with Crippen molar-refractivity contribution in [3.8, 4) is 0 Å². The summed E-state index contributed by atoms with van der Waals surface area (Å²) in [6.07, 6.45) is 5.50. The van der Waals surface area contributed by atoms with Gasteiger partial charge in [0.1, 0.15) is 0 Å². The molecule has 0 bridgehead atoms. The van der Waals surface area contributed by atoms with Crippen LogP contribution in [0.15, 0.2) is 12.7 Å². The first-order chi connectivity index (χ1) is 4.62. The Morgan fingerprint density at radius 3 is 2.50 bits per heavy atom. The molecule has 0 spiro atoms. The van der Waals surface area contributed by atoms with Gasteiger partial charge in [0.05, 0.1) is 0 Å². The lowest BCUT2D eigenvalue weighted by atomic mass is 9.87. The van der Waals surface area contributed by atoms with E-state index in [0.29, 0.717) is 5.41 Å². The number of rotatable bonds is 5. The van der Waals surface area contributed by atoms with Crippen LogP contribution < -0.4 is 5.73 Å². The highest BCUT2D eigenvalue weighted by atomic mass is 14.6. The van der Waals surface area contributed by atoms with Crippen molar-refractivity contribution in [3.63, 3.8) is 0 Å². The summed E-state index contributed by atoms with van der Waals surface area (Å²) in [5.41, 5.74) is 5.89. The molecular weight excluding hydrogens is 122 g/mol. The first-order valence-electron chi connectivity index (χ1n) is 3.93. The lowest BCUT2D eigenvalue weighted by molar-refractivity contribution is 0.338. The SMILES string of the molecule is C=CCCCC(C)(C)CN. The maximum absolute atomic E-state index is 5.56. The van der Waals surface area contributed by atoms with E-state index in [-0.39, 0.29) is 0 Å². The molecule has 0 fully saturated rings. The van der Waals surface area contributed by atoms with E-state index in [0.717, 1.165) is 13.0 Å². The molecule has 2 N–H and O–H groups in total. The third-order valence-electron chi connectivity index (χ3n) is 1.81. The van der Waals surface area contributed by atoms with Gasteiger partial charge in [0.25, 0.3) is 0 Å². The van der Waals surface area contributed by atoms with Gasteiger partial charge in [0, 0.05) is 0 Å². The molecule has 10 heavy (non-hydrogen) atoms. The van der Waals surface area contributed by atoms with Gasteiger partial charge in [0.2, 0.25) is 0 Å². The van der Waals surface area contributed by atoms with Gasteiger partial charge in [-0.2, -0.15) is 0 Å². The molecule has 0 aromatic heterocycles. The second-order valence-electron chi connectivity index (χ2n) is 3.55. The van der Waals surface area contributed by atoms with Crippen molar-refractivity contribution in [1.82, 2.24) is 0 Å². The van der Waals surface area contributed by atoms with Crippen molar-refractivity contribution < 1.29 is 0 Å². The maximum Gasteiger partial charge on any atom is -0.00258 e. The van der Waals surface area contributed by atoms with E-state index in [4.69, 9.17) is 5.73 Å². The van der Waals surface area contributed by atoms with Crippen LogP contribution in [0.1, 0.15) is 33.1 Å². The van der Waals surface area contributed by atoms with Gasteiger partial charge in [-0.05, 0) is 31.2 Å². The highest BCUT2D eigenvalue weighted by Gasteiger charge is 2.13. The molecular formula is C9H19N. The van der Waals surface area contributed by atoms with Crippen LogP contribution in [0.3, 0.4) is 0 Å². The van der Waals surface area contributed by atoms with Gasteiger partial charge < -0.3 is 5.73 Å². The lowest BCUT2D eigenvalue weighted by Crippen LogP contribution is -2.23. The van der Waals surface area contributed by atoms with Crippen LogP contribution in [0.4, 0.5) is 0 Å². The molecule has 1 nitrogen and oxygen atoms in total. The van der Waals surface area contributed by atoms with Gasteiger partial charge in [-0.1, -0.05) is 19.9 Å². The van der Waals surface area contributed by atoms with Crippen LogP contribution in [0.5, 0.6) is 0 Å². The lowest BCUT2D eigenvalue weighted by Gasteiger charge is -2.21. The Bertz CT molecular complexity index is 94.9. The van der Waals surface area contributed by atoms with Crippen molar-refractivity contribution in [2.45, 2.75) is 33.1 Å². The van der Waals surface area contributed by atoms with Crippen LogP contribution in [-0.4, -0.2) is 6.54 Å². The minimum absolute atomic E-state index is 0.322. The van der Waals surface area contributed by atoms with E-state index in [1.54, 1.807) is 0 Å². The average molecular weight is 141 g/mol. The molecule has 0 saturated carbocycles. The number of hydrogen-bond acceptors (Lipinski definition) is 1. The summed E-state index contributed by atoms with van der Waals surface area (Å²) in [5.74, 6) is 0. The molecule has 60 valence electrons. The predicted molar refractivity (Wildman–Crippen MR) is 46.9 cm³/mol. The monoisotopic (exact) mass is 141 g/mol. The molecule has 0 unspecified atom stereocenters. The van der Waals surface area contributed by atoms with Crippen LogP contribution >= 0.6 is 0 Å². The molecule has 0 aliphatic carbocycles. The molecule has 0 heterocycles. The van der Waals surface area contributed by atoms with Crippen LogP contribution in [0.25, 0.3) is 0 Å². The van der Waals surface area contributed by atoms with Crippen molar-refractivity contribution in [3.05, 3.63) is 12.7 Å². The first-order valence-corrected chi connectivity index (χ1v) is 3.93. The minimum Gasteiger partial charge on any atom is -0.330 e. The normalized spacial score (nSPS) is 11.5. The Morgan fingerprint density at radius 1 is 1.50 bits per heavy atom. The highest BCUT2D eigenvalue weighted by Crippen LogP contribution is 2.20. The fourth-order valence-electron chi connectivity index (χ4n) is 0.827. The molecule has 1 heteroatoms. The second-order valence-corrected chi connectivity index (χ2v) is 3.55. The third kappa shape index (κ3) is 4.57. The van der Waals surface area contributed by atoms with Gasteiger partial charge in [-0.25, -0.2) is 0 Å². The van der Waals surface area contributed by atoms with E-state index < -0.39 is 0 Å². The van der Waals surface area contributed by atoms with E-state index in [1.165, 1.54) is 12.8 Å². The summed E-state index contributed by atoms with van der Waals surface area (Å²) in [6.45, 7) is 8.87. The molecule has 0 aromatic rings. The summed E-state index contributed by atoms with van der Waals surface area (Å²) in [7, 11) is 0. The zero-order chi connectivity index (χ0) is 8.04. The number of allylic oxidation sites excluding steroid dienone is 1. The summed E-state index contributed by atoms with van der Waals surface area (Å²) in [6, 6.07) is 0. The fraction of sp³-hybridized carbons (Fsp3) is 0.778. The Labute approximate surface area is 64.3 Å². The van der Waals surface area contributed by atoms with E-state index >= 15 is 0 Å². The summed E-state index contributed by atoms with van der Waals surface area (Å²) >= 11 is 0. The van der Waals surface area contributed by atoms with Gasteiger partial charge >= 0.3 is 0 Å². The van der Waals surface area contributed by atoms with Crippen LogP contribution in [-0.2, 0) is 0 Å². The zero-order valence-corrected chi connectivity index (χ0v) is 7.19. The molecule has 0 rings (SSSR count). The molecule has 0 atom stereocenters. The zero-order valence-electron chi connectivity index (χ0n) is 7.19. The predicted octanol–water partition coefficient (Wildman–Crippen LogP) is 2.33. The maximum atomic E-state index is 5.56. The van der Waals surface area contributed by atoms with Gasteiger partial charge in [0.15, 0.2) is 0 Å². The minimum atomic E-state index is 0.322. The van der Waals surface area contributed by atoms with Crippen LogP contribution in [0.2, 0.25) is 0 Å². The summed E-state index contributed by atoms with van der Waals surface area (Å²) in [5, 5.41) is 0. The Hall–Kier alpha value is -0.300. The highest BCUT2D eigenvalue weighted by molar-refractivity contribution is 4.72. The quantitative estimate of drug-likeness (QED) is 0.461. The first kappa shape index (κ1) is 9.70. The number of unbranched alkanes of at least 4 members (excludes halogenated alkanes) is 1. The topological polar surface area (TPSA) is 26.0 Å². The summed E-state index contributed by atoms with van der Waals surface area (Å²) < 4.78 is 0. The van der Waals surface area contributed by atoms with Gasteiger partial charge in [-0.3, -0.25) is 0 Å². The third-order valence-corrected chi connectivity index (χ3v) is 1.81. The molecule has 0 aliphatic rings. The van der Waals surface area contributed by atoms with Crippen LogP contribution in [0, 0.1) is 5.41 Å². The largest absolute Gasteiger partial charge is 0.330 e. The average Bonchev–Trinajstić information content (AvgIpc) is 1.89. The number of hydrogen-bond donors (Lipinski definition) is 1. The Kier molecular flexibility index (Phi) is 4.37. The number of nitrogens with two attached hydrogens (primary N) is 1. The molecule has 0 radical (unpaired) electrons. The van der Waals surface area contributed by atoms with E-state index in [9.17, 15) is 0 Å². The van der Waals surface area contributed by atoms with E-state index in [1.807, 2.05) is 6.08 Å². The fourth-order valence-corrected chi connectivity index (χ4v) is 0.827. The van der Waals surface area contributed by atoms with Crippen molar-refractivity contribution in [1.29, 1.82) is 0 Å². The smallest absolute Gasteiger partial charge is 0.00258 e. The van der Waals surface area contributed by atoms with Crippen molar-refractivity contribution in [2.24, 2.45) is 11.1 Å². The van der Waals surface area contributed by atoms with Crippen molar-refractivity contribution in [2.75, 3.05) is 6.54 Å². The van der Waals surface area contributed by atoms with E-state index in [2.05, 4.69) is 20.4 Å². The molecule has 0 saturated heterocycles. The standard InChI is InChI=1S/C9H19N/c1-4-5-6-7-9(2,3)8-10/h4H,1,5-8,10H2,2-3H3. The Balaban J connectivity index is 3.36. The van der Waals surface area contributed by atoms with Gasteiger partial charge in [-0.15, -0.1) is 6.58 Å². The second kappa shape index (κ2) is 4.51. The summed E-state index contributed by atoms with van der Waals surface area (Å²) in [4.78, 5) is 0. The van der Waals surface area contributed by atoms with Crippen molar-refractivity contribution >= 4 is 0 Å².